The summed E-state index contributed by atoms with van der Waals surface area (Å²) in [5.41, 5.74) is 5.87. The van der Waals surface area contributed by atoms with Gasteiger partial charge in [-0.25, -0.2) is 4.98 Å². The van der Waals surface area contributed by atoms with E-state index in [0.717, 1.165) is 29.4 Å². The van der Waals surface area contributed by atoms with Gasteiger partial charge in [0.1, 0.15) is 0 Å². The molecule has 0 bridgehead atoms. The van der Waals surface area contributed by atoms with Crippen molar-refractivity contribution in [3.63, 3.8) is 0 Å². The lowest BCUT2D eigenvalue weighted by Gasteiger charge is -2.12. The second-order valence-corrected chi connectivity index (χ2v) is 5.58. The first-order chi connectivity index (χ1) is 10.3. The monoisotopic (exact) mass is 295 g/mol. The van der Waals surface area contributed by atoms with Crippen LogP contribution in [0.3, 0.4) is 0 Å². The Morgan fingerprint density at radius 2 is 2.05 bits per heavy atom. The van der Waals surface area contributed by atoms with Crippen molar-refractivity contribution in [2.24, 2.45) is 0 Å². The zero-order chi connectivity index (χ0) is 14.2. The van der Waals surface area contributed by atoms with Crippen molar-refractivity contribution in [2.45, 2.75) is 6.42 Å². The number of fused-ring (bicyclic) bond motifs is 1. The van der Waals surface area contributed by atoms with Gasteiger partial charge in [-0.05, 0) is 30.2 Å². The molecule has 0 saturated carbocycles. The molecule has 0 radical (unpaired) electrons. The number of hydrogen-bond donors (Lipinski definition) is 1. The van der Waals surface area contributed by atoms with E-state index in [-0.39, 0.29) is 0 Å². The van der Waals surface area contributed by atoms with Crippen molar-refractivity contribution < 1.29 is 0 Å². The van der Waals surface area contributed by atoms with Crippen LogP contribution in [0.15, 0.2) is 55.0 Å². The predicted octanol–water partition coefficient (Wildman–Crippen LogP) is 4.16. The molecule has 0 unspecified atom stereocenters. The third kappa shape index (κ3) is 2.10. The Balaban J connectivity index is 1.89. The summed E-state index contributed by atoms with van der Waals surface area (Å²) in [7, 11) is 0. The van der Waals surface area contributed by atoms with Crippen LogP contribution in [0.5, 0.6) is 0 Å². The Hall–Kier alpha value is -2.26. The number of nitrogens with zero attached hydrogens (tertiary/aromatic N) is 2. The maximum Gasteiger partial charge on any atom is 0.0997 e. The van der Waals surface area contributed by atoms with Crippen LogP contribution in [0.4, 0.5) is 5.69 Å². The van der Waals surface area contributed by atoms with Gasteiger partial charge in [0.15, 0.2) is 0 Å². The van der Waals surface area contributed by atoms with Crippen LogP contribution >= 0.6 is 11.6 Å². The van der Waals surface area contributed by atoms with Crippen LogP contribution in [-0.4, -0.2) is 16.1 Å². The maximum atomic E-state index is 6.11. The molecule has 0 spiro atoms. The van der Waals surface area contributed by atoms with Gasteiger partial charge in [0.2, 0.25) is 0 Å². The first kappa shape index (κ1) is 12.5. The molecule has 1 N–H and O–H groups in total. The maximum absolute atomic E-state index is 6.11. The minimum atomic E-state index is 0.726. The quantitative estimate of drug-likeness (QED) is 0.769. The molecule has 0 fully saturated rings. The summed E-state index contributed by atoms with van der Waals surface area (Å²) in [5.74, 6) is 0. The summed E-state index contributed by atoms with van der Waals surface area (Å²) in [6.45, 7) is 0.998. The molecule has 2 aromatic carbocycles. The highest BCUT2D eigenvalue weighted by molar-refractivity contribution is 6.30. The fourth-order valence-electron chi connectivity index (χ4n) is 2.88. The van der Waals surface area contributed by atoms with Crippen LogP contribution < -0.4 is 5.32 Å². The molecule has 2 heterocycles. The van der Waals surface area contributed by atoms with E-state index in [4.69, 9.17) is 11.6 Å². The third-order valence-electron chi connectivity index (χ3n) is 3.85. The SMILES string of the molecule is Clc1cccc(-n2cncc2-c2cccc3c2NCC3)c1. The summed E-state index contributed by atoms with van der Waals surface area (Å²) in [5, 5.41) is 4.21. The molecule has 0 saturated heterocycles. The molecule has 1 aliphatic rings. The van der Waals surface area contributed by atoms with Crippen molar-refractivity contribution >= 4 is 17.3 Å². The Labute approximate surface area is 128 Å². The Bertz CT molecular complexity index is 807. The molecule has 104 valence electrons. The standard InChI is InChI=1S/C17H14ClN3/c18-13-4-2-5-14(9-13)21-11-19-10-16(21)15-6-1-3-12-7-8-20-17(12)15/h1-6,9-11,20H,7-8H2. The first-order valence-electron chi connectivity index (χ1n) is 6.97. The van der Waals surface area contributed by atoms with E-state index >= 15 is 0 Å². The molecule has 1 aliphatic heterocycles. The van der Waals surface area contributed by atoms with Crippen molar-refractivity contribution in [3.05, 3.63) is 65.6 Å². The van der Waals surface area contributed by atoms with E-state index in [1.165, 1.54) is 16.8 Å². The average Bonchev–Trinajstić information content (AvgIpc) is 3.16. The summed E-state index contributed by atoms with van der Waals surface area (Å²) in [6.07, 6.45) is 4.81. The van der Waals surface area contributed by atoms with Gasteiger partial charge in [-0.3, -0.25) is 4.57 Å². The van der Waals surface area contributed by atoms with Gasteiger partial charge in [0, 0.05) is 28.5 Å². The number of halogens is 1. The number of hydrogen-bond acceptors (Lipinski definition) is 2. The Morgan fingerprint density at radius 3 is 2.95 bits per heavy atom. The molecule has 4 heteroatoms. The van der Waals surface area contributed by atoms with Crippen LogP contribution in [0, 0.1) is 0 Å². The molecule has 21 heavy (non-hydrogen) atoms. The fourth-order valence-corrected chi connectivity index (χ4v) is 3.06. The molecule has 0 amide bonds. The lowest BCUT2D eigenvalue weighted by atomic mass is 10.1. The zero-order valence-corrected chi connectivity index (χ0v) is 12.1. The summed E-state index contributed by atoms with van der Waals surface area (Å²) in [4.78, 5) is 4.32. The molecule has 3 aromatic rings. The lowest BCUT2D eigenvalue weighted by Crippen LogP contribution is -1.98. The van der Waals surface area contributed by atoms with Crippen LogP contribution in [-0.2, 0) is 6.42 Å². The molecule has 4 rings (SSSR count). The number of nitrogens with one attached hydrogen (secondary N) is 1. The second kappa shape index (κ2) is 4.93. The van der Waals surface area contributed by atoms with Crippen molar-refractivity contribution in [1.82, 2.24) is 9.55 Å². The van der Waals surface area contributed by atoms with Gasteiger partial charge < -0.3 is 5.32 Å². The normalized spacial score (nSPS) is 13.0. The van der Waals surface area contributed by atoms with Gasteiger partial charge in [0.05, 0.1) is 18.2 Å². The van der Waals surface area contributed by atoms with E-state index in [0.29, 0.717) is 0 Å². The number of imidazole rings is 1. The van der Waals surface area contributed by atoms with E-state index in [9.17, 15) is 0 Å². The lowest BCUT2D eigenvalue weighted by molar-refractivity contribution is 1.06. The number of aromatic nitrogens is 2. The van der Waals surface area contributed by atoms with E-state index < -0.39 is 0 Å². The predicted molar refractivity (Wildman–Crippen MR) is 86.2 cm³/mol. The van der Waals surface area contributed by atoms with Crippen molar-refractivity contribution in [2.75, 3.05) is 11.9 Å². The van der Waals surface area contributed by atoms with Gasteiger partial charge >= 0.3 is 0 Å². The number of para-hydroxylation sites is 1. The molecule has 0 atom stereocenters. The highest BCUT2D eigenvalue weighted by Crippen LogP contribution is 2.35. The fraction of sp³-hybridized carbons (Fsp3) is 0.118. The minimum absolute atomic E-state index is 0.726. The Kier molecular flexibility index (Phi) is 2.93. The number of anilines is 1. The summed E-state index contributed by atoms with van der Waals surface area (Å²) >= 11 is 6.11. The van der Waals surface area contributed by atoms with Crippen LogP contribution in [0.2, 0.25) is 5.02 Å². The van der Waals surface area contributed by atoms with Gasteiger partial charge in [-0.1, -0.05) is 35.9 Å². The highest BCUT2D eigenvalue weighted by atomic mass is 35.5. The second-order valence-electron chi connectivity index (χ2n) is 5.15. The van der Waals surface area contributed by atoms with Crippen LogP contribution in [0.1, 0.15) is 5.56 Å². The summed E-state index contributed by atoms with van der Waals surface area (Å²) < 4.78 is 2.07. The van der Waals surface area contributed by atoms with Gasteiger partial charge in [-0.15, -0.1) is 0 Å². The van der Waals surface area contributed by atoms with E-state index in [1.807, 2.05) is 36.8 Å². The molecular weight excluding hydrogens is 282 g/mol. The van der Waals surface area contributed by atoms with Gasteiger partial charge in [-0.2, -0.15) is 0 Å². The average molecular weight is 296 g/mol. The van der Waals surface area contributed by atoms with Gasteiger partial charge in [0.25, 0.3) is 0 Å². The van der Waals surface area contributed by atoms with Crippen LogP contribution in [0.25, 0.3) is 16.9 Å². The number of benzene rings is 2. The molecule has 0 aliphatic carbocycles. The summed E-state index contributed by atoms with van der Waals surface area (Å²) in [6, 6.07) is 14.2. The smallest absolute Gasteiger partial charge is 0.0997 e. The largest absolute Gasteiger partial charge is 0.384 e. The molecule has 1 aromatic heterocycles. The van der Waals surface area contributed by atoms with E-state index in [2.05, 4.69) is 33.1 Å². The number of rotatable bonds is 2. The van der Waals surface area contributed by atoms with Crippen molar-refractivity contribution in [3.8, 4) is 16.9 Å². The topological polar surface area (TPSA) is 29.9 Å². The first-order valence-corrected chi connectivity index (χ1v) is 7.35. The molecular formula is C17H14ClN3. The third-order valence-corrected chi connectivity index (χ3v) is 4.08. The Morgan fingerprint density at radius 1 is 1.14 bits per heavy atom. The molecule has 3 nitrogen and oxygen atoms in total. The highest BCUT2D eigenvalue weighted by Gasteiger charge is 2.17. The van der Waals surface area contributed by atoms with Crippen molar-refractivity contribution in [1.29, 1.82) is 0 Å². The van der Waals surface area contributed by atoms with E-state index in [1.54, 1.807) is 0 Å². The zero-order valence-electron chi connectivity index (χ0n) is 11.4. The minimum Gasteiger partial charge on any atom is -0.384 e.